The molecule has 0 aromatic rings. The molecule has 15 heavy (non-hydrogen) atoms. The Morgan fingerprint density at radius 1 is 1.20 bits per heavy atom. The van der Waals surface area contributed by atoms with Gasteiger partial charge in [-0.15, -0.1) is 0 Å². The second-order valence-corrected chi connectivity index (χ2v) is 4.17. The lowest BCUT2D eigenvalue weighted by atomic mass is 10.1. The van der Waals surface area contributed by atoms with Crippen LogP contribution in [0.5, 0.6) is 0 Å². The second kappa shape index (κ2) is 5.31. The third-order valence-corrected chi connectivity index (χ3v) is 2.90. The fourth-order valence-corrected chi connectivity index (χ4v) is 2.01. The maximum Gasteiger partial charge on any atom is 0.100 e. The van der Waals surface area contributed by atoms with E-state index >= 15 is 0 Å². The molecule has 3 heteroatoms. The molecule has 1 aliphatic carbocycles. The fraction of sp³-hybridized carbons (Fsp3) is 0.667. The molecule has 1 unspecified atom stereocenters. The minimum Gasteiger partial charge on any atom is -0.495 e. The summed E-state index contributed by atoms with van der Waals surface area (Å²) in [5, 5.41) is 3.35. The standard InChI is InChI=1S/C12H18FNO/c13-10-3-5-12(6-4-10)15-11-2-1-8-14-9-7-11/h3,5,11,14H,1-2,4,6-9H2. The summed E-state index contributed by atoms with van der Waals surface area (Å²) in [5.41, 5.74) is 0. The molecule has 1 atom stereocenters. The molecule has 0 aromatic carbocycles. The summed E-state index contributed by atoms with van der Waals surface area (Å²) in [4.78, 5) is 0. The molecule has 84 valence electrons. The molecule has 2 nitrogen and oxygen atoms in total. The average molecular weight is 211 g/mol. The van der Waals surface area contributed by atoms with E-state index in [1.165, 1.54) is 12.5 Å². The van der Waals surface area contributed by atoms with Crippen molar-refractivity contribution in [1.82, 2.24) is 5.32 Å². The Hall–Kier alpha value is -0.830. The van der Waals surface area contributed by atoms with E-state index in [1.54, 1.807) is 6.08 Å². The molecule has 0 aromatic heterocycles. The highest BCUT2D eigenvalue weighted by Crippen LogP contribution is 2.23. The molecule has 1 heterocycles. The van der Waals surface area contributed by atoms with Gasteiger partial charge in [0.25, 0.3) is 0 Å². The number of allylic oxidation sites excluding steroid dienone is 4. The molecule has 2 aliphatic rings. The summed E-state index contributed by atoms with van der Waals surface area (Å²) >= 11 is 0. The van der Waals surface area contributed by atoms with Crippen molar-refractivity contribution >= 4 is 0 Å². The van der Waals surface area contributed by atoms with Gasteiger partial charge in [-0.25, -0.2) is 4.39 Å². The van der Waals surface area contributed by atoms with Crippen molar-refractivity contribution in [3.8, 4) is 0 Å². The van der Waals surface area contributed by atoms with Crippen LogP contribution in [-0.2, 0) is 4.74 Å². The SMILES string of the molecule is FC1=CC=C(OC2CCCNCC2)CC1. The van der Waals surface area contributed by atoms with Gasteiger partial charge in [0, 0.05) is 12.8 Å². The highest BCUT2D eigenvalue weighted by molar-refractivity contribution is 5.16. The van der Waals surface area contributed by atoms with Crippen LogP contribution < -0.4 is 5.32 Å². The largest absolute Gasteiger partial charge is 0.495 e. The lowest BCUT2D eigenvalue weighted by Gasteiger charge is -2.20. The van der Waals surface area contributed by atoms with Crippen LogP contribution in [0.1, 0.15) is 32.1 Å². The van der Waals surface area contributed by atoms with Crippen molar-refractivity contribution in [2.75, 3.05) is 13.1 Å². The Morgan fingerprint density at radius 3 is 2.93 bits per heavy atom. The Labute approximate surface area is 90.2 Å². The highest BCUT2D eigenvalue weighted by atomic mass is 19.1. The lowest BCUT2D eigenvalue weighted by Crippen LogP contribution is -2.17. The molecule has 0 spiro atoms. The summed E-state index contributed by atoms with van der Waals surface area (Å²) in [6.45, 7) is 2.12. The van der Waals surface area contributed by atoms with E-state index in [-0.39, 0.29) is 5.83 Å². The molecule has 0 saturated carbocycles. The van der Waals surface area contributed by atoms with E-state index in [0.717, 1.165) is 31.7 Å². The van der Waals surface area contributed by atoms with Crippen LogP contribution in [0.25, 0.3) is 0 Å². The summed E-state index contributed by atoms with van der Waals surface area (Å²) in [6, 6.07) is 0. The third-order valence-electron chi connectivity index (χ3n) is 2.90. The maximum absolute atomic E-state index is 12.8. The Balaban J connectivity index is 1.85. The Kier molecular flexibility index (Phi) is 3.78. The molecular weight excluding hydrogens is 193 g/mol. The van der Waals surface area contributed by atoms with E-state index in [0.29, 0.717) is 18.9 Å². The molecular formula is C12H18FNO. The van der Waals surface area contributed by atoms with Crippen LogP contribution in [0.15, 0.2) is 23.7 Å². The summed E-state index contributed by atoms with van der Waals surface area (Å²) in [7, 11) is 0. The highest BCUT2D eigenvalue weighted by Gasteiger charge is 2.15. The molecule has 1 aliphatic heterocycles. The number of halogens is 1. The third kappa shape index (κ3) is 3.34. The predicted molar refractivity (Wildman–Crippen MR) is 58.1 cm³/mol. The van der Waals surface area contributed by atoms with E-state index in [2.05, 4.69) is 5.32 Å². The first-order valence-electron chi connectivity index (χ1n) is 5.77. The van der Waals surface area contributed by atoms with Crippen molar-refractivity contribution in [3.05, 3.63) is 23.7 Å². The molecule has 2 rings (SSSR count). The monoisotopic (exact) mass is 211 g/mol. The van der Waals surface area contributed by atoms with Crippen LogP contribution in [0, 0.1) is 0 Å². The minimum absolute atomic E-state index is 0.0371. The zero-order chi connectivity index (χ0) is 10.5. The number of nitrogens with one attached hydrogen (secondary N) is 1. The summed E-state index contributed by atoms with van der Waals surface area (Å²) in [6.07, 6.45) is 8.16. The summed E-state index contributed by atoms with van der Waals surface area (Å²) in [5.74, 6) is 0.910. The maximum atomic E-state index is 12.8. The summed E-state index contributed by atoms with van der Waals surface area (Å²) < 4.78 is 18.6. The minimum atomic E-state index is -0.0371. The van der Waals surface area contributed by atoms with Gasteiger partial charge in [-0.2, -0.15) is 0 Å². The van der Waals surface area contributed by atoms with Crippen LogP contribution in [-0.4, -0.2) is 19.2 Å². The number of hydrogen-bond donors (Lipinski definition) is 1. The van der Waals surface area contributed by atoms with Crippen LogP contribution in [0.2, 0.25) is 0 Å². The van der Waals surface area contributed by atoms with Crippen molar-refractivity contribution in [2.24, 2.45) is 0 Å². The number of hydrogen-bond acceptors (Lipinski definition) is 2. The fourth-order valence-electron chi connectivity index (χ4n) is 2.01. The molecule has 1 N–H and O–H groups in total. The van der Waals surface area contributed by atoms with Gasteiger partial charge < -0.3 is 10.1 Å². The van der Waals surface area contributed by atoms with Gasteiger partial charge in [-0.1, -0.05) is 0 Å². The van der Waals surface area contributed by atoms with Crippen molar-refractivity contribution in [2.45, 2.75) is 38.2 Å². The molecule has 0 radical (unpaired) electrons. The van der Waals surface area contributed by atoms with Gasteiger partial charge in [0.1, 0.15) is 5.83 Å². The lowest BCUT2D eigenvalue weighted by molar-refractivity contribution is 0.0977. The Bertz CT molecular complexity index is 265. The smallest absolute Gasteiger partial charge is 0.100 e. The van der Waals surface area contributed by atoms with Gasteiger partial charge in [-0.05, 0) is 44.5 Å². The van der Waals surface area contributed by atoms with Gasteiger partial charge in [-0.3, -0.25) is 0 Å². The Morgan fingerprint density at radius 2 is 2.13 bits per heavy atom. The van der Waals surface area contributed by atoms with E-state index < -0.39 is 0 Å². The van der Waals surface area contributed by atoms with Gasteiger partial charge in [0.15, 0.2) is 0 Å². The zero-order valence-electron chi connectivity index (χ0n) is 8.97. The van der Waals surface area contributed by atoms with Crippen molar-refractivity contribution in [3.63, 3.8) is 0 Å². The molecule has 1 fully saturated rings. The van der Waals surface area contributed by atoms with Crippen LogP contribution in [0.3, 0.4) is 0 Å². The van der Waals surface area contributed by atoms with Gasteiger partial charge in [0.05, 0.1) is 11.9 Å². The number of rotatable bonds is 2. The quantitative estimate of drug-likeness (QED) is 0.758. The van der Waals surface area contributed by atoms with Crippen LogP contribution in [0.4, 0.5) is 4.39 Å². The topological polar surface area (TPSA) is 21.3 Å². The molecule has 0 bridgehead atoms. The van der Waals surface area contributed by atoms with Gasteiger partial charge >= 0.3 is 0 Å². The number of ether oxygens (including phenoxy) is 1. The van der Waals surface area contributed by atoms with Crippen molar-refractivity contribution < 1.29 is 9.13 Å². The predicted octanol–water partition coefficient (Wildman–Crippen LogP) is 2.68. The second-order valence-electron chi connectivity index (χ2n) is 4.17. The normalized spacial score (nSPS) is 27.7. The first kappa shape index (κ1) is 10.7. The van der Waals surface area contributed by atoms with E-state index in [4.69, 9.17) is 4.74 Å². The average Bonchev–Trinajstić information content (AvgIpc) is 2.50. The first-order valence-corrected chi connectivity index (χ1v) is 5.77. The van der Waals surface area contributed by atoms with Crippen molar-refractivity contribution in [1.29, 1.82) is 0 Å². The van der Waals surface area contributed by atoms with Gasteiger partial charge in [0.2, 0.25) is 0 Å². The molecule has 0 amide bonds. The first-order chi connectivity index (χ1) is 7.34. The van der Waals surface area contributed by atoms with E-state index in [1.807, 2.05) is 0 Å². The molecule has 1 saturated heterocycles. The van der Waals surface area contributed by atoms with E-state index in [9.17, 15) is 4.39 Å². The van der Waals surface area contributed by atoms with Crippen LogP contribution >= 0.6 is 0 Å². The zero-order valence-corrected chi connectivity index (χ0v) is 8.97.